The van der Waals surface area contributed by atoms with Crippen LogP contribution < -0.4 is 0 Å². The number of non-ortho nitro benzene ring substituents is 1. The Morgan fingerprint density at radius 2 is 2.19 bits per heavy atom. The van der Waals surface area contributed by atoms with Crippen molar-refractivity contribution in [1.29, 1.82) is 0 Å². The van der Waals surface area contributed by atoms with E-state index in [9.17, 15) is 18.5 Å². The highest BCUT2D eigenvalue weighted by molar-refractivity contribution is 7.86. The molecule has 1 fully saturated rings. The van der Waals surface area contributed by atoms with Crippen molar-refractivity contribution < 1.29 is 22.3 Å². The van der Waals surface area contributed by atoms with Crippen LogP contribution in [0.1, 0.15) is 0 Å². The number of ether oxygens (including phenoxy) is 1. The number of hydrogen-bond acceptors (Lipinski definition) is 6. The van der Waals surface area contributed by atoms with Gasteiger partial charge < -0.3 is 4.74 Å². The lowest BCUT2D eigenvalue weighted by Crippen LogP contribution is -2.08. The van der Waals surface area contributed by atoms with E-state index in [1.54, 1.807) is 0 Å². The average molecular weight is 245 g/mol. The van der Waals surface area contributed by atoms with Crippen LogP contribution in [0.4, 0.5) is 5.69 Å². The van der Waals surface area contributed by atoms with E-state index in [1.165, 1.54) is 18.2 Å². The molecule has 16 heavy (non-hydrogen) atoms. The smallest absolute Gasteiger partial charge is 0.299 e. The third kappa shape index (κ3) is 2.35. The molecule has 86 valence electrons. The molecule has 0 aromatic heterocycles. The molecule has 0 bridgehead atoms. The lowest BCUT2D eigenvalue weighted by atomic mass is 10.3. The molecule has 1 saturated heterocycles. The molecule has 0 saturated carbocycles. The maximum Gasteiger partial charge on any atom is 0.299 e. The van der Waals surface area contributed by atoms with Crippen LogP contribution in [-0.4, -0.2) is 26.2 Å². The first-order chi connectivity index (χ1) is 7.49. The van der Waals surface area contributed by atoms with Crippen molar-refractivity contribution in [2.24, 2.45) is 0 Å². The van der Waals surface area contributed by atoms with E-state index in [0.29, 0.717) is 0 Å². The van der Waals surface area contributed by atoms with Gasteiger partial charge in [-0.05, 0) is 6.07 Å². The van der Waals surface area contributed by atoms with E-state index >= 15 is 0 Å². The Bertz CT molecular complexity index is 521. The van der Waals surface area contributed by atoms with Crippen LogP contribution in [0.2, 0.25) is 0 Å². The van der Waals surface area contributed by atoms with Gasteiger partial charge in [-0.1, -0.05) is 6.07 Å². The van der Waals surface area contributed by atoms with Crippen LogP contribution in [0.25, 0.3) is 0 Å². The molecule has 1 aromatic carbocycles. The number of nitrogens with zero attached hydrogens (tertiary/aromatic N) is 1. The van der Waals surface area contributed by atoms with Crippen LogP contribution in [0.5, 0.6) is 0 Å². The SMILES string of the molecule is O=[N+]([O-])c1cccc(S(=O)(=O)O[C@@H]2CO2)c1. The summed E-state index contributed by atoms with van der Waals surface area (Å²) < 4.78 is 32.3. The van der Waals surface area contributed by atoms with Crippen LogP contribution >= 0.6 is 0 Å². The summed E-state index contributed by atoms with van der Waals surface area (Å²) in [5, 5.41) is 10.5. The van der Waals surface area contributed by atoms with Crippen molar-refractivity contribution in [3.8, 4) is 0 Å². The van der Waals surface area contributed by atoms with Gasteiger partial charge in [0.25, 0.3) is 15.8 Å². The second-order valence-corrected chi connectivity index (χ2v) is 4.64. The van der Waals surface area contributed by atoms with Gasteiger partial charge in [0.2, 0.25) is 0 Å². The number of hydrogen-bond donors (Lipinski definition) is 0. The standard InChI is InChI=1S/C8H7NO6S/c10-9(11)6-2-1-3-7(4-6)16(12,13)15-8-5-14-8/h1-4,8H,5H2/t8-/m1/s1. The molecule has 0 radical (unpaired) electrons. The number of nitro groups is 1. The molecule has 2 rings (SSSR count). The number of rotatable bonds is 4. The zero-order valence-electron chi connectivity index (χ0n) is 7.90. The van der Waals surface area contributed by atoms with Crippen LogP contribution in [0.15, 0.2) is 29.2 Å². The van der Waals surface area contributed by atoms with Crippen molar-refractivity contribution in [2.75, 3.05) is 6.61 Å². The summed E-state index contributed by atoms with van der Waals surface area (Å²) in [7, 11) is -3.98. The number of benzene rings is 1. The summed E-state index contributed by atoms with van der Waals surface area (Å²) in [5.41, 5.74) is -0.304. The maximum atomic E-state index is 11.5. The van der Waals surface area contributed by atoms with E-state index in [0.717, 1.165) is 6.07 Å². The van der Waals surface area contributed by atoms with Crippen molar-refractivity contribution in [1.82, 2.24) is 0 Å². The highest BCUT2D eigenvalue weighted by Crippen LogP contribution is 2.23. The van der Waals surface area contributed by atoms with Crippen LogP contribution in [0.3, 0.4) is 0 Å². The Hall–Kier alpha value is -1.51. The molecule has 0 N–H and O–H groups in total. The minimum Gasteiger partial charge on any atom is -0.344 e. The first-order valence-electron chi connectivity index (χ1n) is 4.28. The second kappa shape index (κ2) is 3.81. The molecule has 0 spiro atoms. The molecule has 1 heterocycles. The fourth-order valence-corrected chi connectivity index (χ4v) is 2.06. The average Bonchev–Trinajstić information content (AvgIpc) is 3.01. The summed E-state index contributed by atoms with van der Waals surface area (Å²) in [6.07, 6.45) is -0.760. The Morgan fingerprint density at radius 3 is 2.75 bits per heavy atom. The second-order valence-electron chi connectivity index (χ2n) is 3.07. The molecule has 1 atom stereocenters. The summed E-state index contributed by atoms with van der Waals surface area (Å²) in [5.74, 6) is 0. The largest absolute Gasteiger partial charge is 0.344 e. The fourth-order valence-electron chi connectivity index (χ4n) is 1.04. The normalized spacial score (nSPS) is 19.4. The molecule has 8 heteroatoms. The van der Waals surface area contributed by atoms with Crippen molar-refractivity contribution in [2.45, 2.75) is 11.2 Å². The van der Waals surface area contributed by atoms with E-state index < -0.39 is 21.3 Å². The van der Waals surface area contributed by atoms with Gasteiger partial charge in [-0.25, -0.2) is 4.18 Å². The summed E-state index contributed by atoms with van der Waals surface area (Å²) in [4.78, 5) is 9.53. The topological polar surface area (TPSA) is 99.0 Å². The minimum atomic E-state index is -3.98. The lowest BCUT2D eigenvalue weighted by Gasteiger charge is -2.02. The third-order valence-corrected chi connectivity index (χ3v) is 3.15. The molecule has 1 aliphatic rings. The molecule has 0 aliphatic carbocycles. The highest BCUT2D eigenvalue weighted by Gasteiger charge is 2.31. The lowest BCUT2D eigenvalue weighted by molar-refractivity contribution is -0.385. The summed E-state index contributed by atoms with van der Waals surface area (Å²) >= 11 is 0. The van der Waals surface area contributed by atoms with E-state index in [1.807, 2.05) is 0 Å². The van der Waals surface area contributed by atoms with Gasteiger partial charge in [-0.3, -0.25) is 10.1 Å². The van der Waals surface area contributed by atoms with Gasteiger partial charge >= 0.3 is 0 Å². The quantitative estimate of drug-likeness (QED) is 0.334. The zero-order chi connectivity index (χ0) is 11.8. The maximum absolute atomic E-state index is 11.5. The predicted molar refractivity (Wildman–Crippen MR) is 51.1 cm³/mol. The minimum absolute atomic E-state index is 0.216. The van der Waals surface area contributed by atoms with E-state index in [-0.39, 0.29) is 17.2 Å². The Labute approximate surface area is 90.9 Å². The third-order valence-electron chi connectivity index (χ3n) is 1.85. The zero-order valence-corrected chi connectivity index (χ0v) is 8.72. The summed E-state index contributed by atoms with van der Waals surface area (Å²) in [6, 6.07) is 4.65. The van der Waals surface area contributed by atoms with Crippen LogP contribution in [-0.2, 0) is 19.0 Å². The summed E-state index contributed by atoms with van der Waals surface area (Å²) in [6.45, 7) is 0.216. The first-order valence-corrected chi connectivity index (χ1v) is 5.69. The number of epoxide rings is 1. The van der Waals surface area contributed by atoms with Gasteiger partial charge in [-0.2, -0.15) is 8.42 Å². The van der Waals surface area contributed by atoms with Gasteiger partial charge in [-0.15, -0.1) is 0 Å². The molecular formula is C8H7NO6S. The predicted octanol–water partition coefficient (Wildman–Crippen LogP) is 0.656. The Balaban J connectivity index is 2.31. The molecule has 0 amide bonds. The van der Waals surface area contributed by atoms with Gasteiger partial charge in [0.05, 0.1) is 4.92 Å². The van der Waals surface area contributed by atoms with Crippen molar-refractivity contribution in [3.05, 3.63) is 34.4 Å². The fraction of sp³-hybridized carbons (Fsp3) is 0.250. The van der Waals surface area contributed by atoms with E-state index in [4.69, 9.17) is 0 Å². The highest BCUT2D eigenvalue weighted by atomic mass is 32.2. The monoisotopic (exact) mass is 245 g/mol. The number of nitro benzene ring substituents is 1. The molecule has 1 aromatic rings. The van der Waals surface area contributed by atoms with Crippen molar-refractivity contribution in [3.63, 3.8) is 0 Å². The molecule has 7 nitrogen and oxygen atoms in total. The van der Waals surface area contributed by atoms with Gasteiger partial charge in [0, 0.05) is 12.1 Å². The first kappa shape index (κ1) is 11.0. The van der Waals surface area contributed by atoms with Crippen molar-refractivity contribution >= 4 is 15.8 Å². The van der Waals surface area contributed by atoms with Gasteiger partial charge in [0.1, 0.15) is 11.5 Å². The Morgan fingerprint density at radius 1 is 1.50 bits per heavy atom. The van der Waals surface area contributed by atoms with Crippen LogP contribution in [0, 0.1) is 10.1 Å². The van der Waals surface area contributed by atoms with Gasteiger partial charge in [0.15, 0.2) is 6.29 Å². The molecular weight excluding hydrogens is 238 g/mol. The molecule has 0 unspecified atom stereocenters. The molecule has 1 aliphatic heterocycles. The van der Waals surface area contributed by atoms with E-state index in [2.05, 4.69) is 8.92 Å². The Kier molecular flexibility index (Phi) is 2.62.